The van der Waals surface area contributed by atoms with Crippen molar-refractivity contribution >= 4 is 6.08 Å². The third kappa shape index (κ3) is 9.02. The summed E-state index contributed by atoms with van der Waals surface area (Å²) >= 11 is 0. The van der Waals surface area contributed by atoms with Crippen LogP contribution in [0.3, 0.4) is 0 Å². The van der Waals surface area contributed by atoms with Crippen LogP contribution in [-0.4, -0.2) is 6.61 Å². The van der Waals surface area contributed by atoms with E-state index in [1.165, 1.54) is 11.1 Å². The first-order chi connectivity index (χ1) is 16.6. The lowest BCUT2D eigenvalue weighted by molar-refractivity contribution is 0.292. The molecule has 0 atom stereocenters. The summed E-state index contributed by atoms with van der Waals surface area (Å²) in [5.41, 5.74) is 8.67. The number of ether oxygens (including phenoxy) is 2. The smallest absolute Gasteiger partial charge is 0.123 e. The third-order valence-electron chi connectivity index (χ3n) is 5.39. The molecule has 0 saturated carbocycles. The number of benzene rings is 3. The van der Waals surface area contributed by atoms with Crippen LogP contribution in [0.1, 0.15) is 42.0 Å². The molecule has 0 aliphatic heterocycles. The molecule has 0 N–H and O–H groups in total. The molecule has 0 radical (unpaired) electrons. The first-order valence-corrected chi connectivity index (χ1v) is 11.7. The molecule has 0 bridgehead atoms. The zero-order valence-electron chi connectivity index (χ0n) is 20.6. The van der Waals surface area contributed by atoms with Crippen molar-refractivity contribution in [2.24, 2.45) is 0 Å². The fourth-order valence-corrected chi connectivity index (χ4v) is 3.43. The molecule has 0 heterocycles. The lowest BCUT2D eigenvalue weighted by Gasteiger charge is -2.12. The van der Waals surface area contributed by atoms with E-state index in [2.05, 4.69) is 75.7 Å². The van der Waals surface area contributed by atoms with Crippen LogP contribution in [0.4, 0.5) is 0 Å². The molecule has 176 valence electrons. The SMILES string of the molecule is C=C=C(C=C)CC.C=Cc1c(C)cccc1COc1cccc(OCCCc2ccccc2)c1. The largest absolute Gasteiger partial charge is 0.493 e. The molecule has 2 nitrogen and oxygen atoms in total. The summed E-state index contributed by atoms with van der Waals surface area (Å²) in [5, 5.41) is 0. The number of hydrogen-bond acceptors (Lipinski definition) is 2. The molecule has 0 fully saturated rings. The summed E-state index contributed by atoms with van der Waals surface area (Å²) in [6.45, 7) is 16.3. The Morgan fingerprint density at radius 1 is 0.912 bits per heavy atom. The van der Waals surface area contributed by atoms with Crippen molar-refractivity contribution < 1.29 is 9.47 Å². The number of allylic oxidation sites excluding steroid dienone is 2. The monoisotopic (exact) mass is 452 g/mol. The highest BCUT2D eigenvalue weighted by molar-refractivity contribution is 5.56. The van der Waals surface area contributed by atoms with Gasteiger partial charge in [0.15, 0.2) is 0 Å². The Bertz CT molecular complexity index is 1090. The van der Waals surface area contributed by atoms with E-state index in [1.807, 2.05) is 42.5 Å². The highest BCUT2D eigenvalue weighted by Gasteiger charge is 2.04. The van der Waals surface area contributed by atoms with Crippen LogP contribution in [0, 0.1) is 6.92 Å². The van der Waals surface area contributed by atoms with Gasteiger partial charge in [-0.1, -0.05) is 93.4 Å². The van der Waals surface area contributed by atoms with Gasteiger partial charge in [0.25, 0.3) is 0 Å². The number of hydrogen-bond donors (Lipinski definition) is 0. The Morgan fingerprint density at radius 2 is 1.62 bits per heavy atom. The molecular weight excluding hydrogens is 416 g/mol. The molecular formula is C32H36O2. The van der Waals surface area contributed by atoms with Crippen molar-refractivity contribution in [1.29, 1.82) is 0 Å². The second kappa shape index (κ2) is 15.2. The Morgan fingerprint density at radius 3 is 2.24 bits per heavy atom. The van der Waals surface area contributed by atoms with Gasteiger partial charge in [0.2, 0.25) is 0 Å². The lowest BCUT2D eigenvalue weighted by atomic mass is 10.0. The number of rotatable bonds is 11. The summed E-state index contributed by atoms with van der Waals surface area (Å²) in [4.78, 5) is 0. The average molecular weight is 453 g/mol. The Balaban J connectivity index is 0.000000509. The Hall–Kier alpha value is -3.74. The average Bonchev–Trinajstić information content (AvgIpc) is 2.88. The van der Waals surface area contributed by atoms with Gasteiger partial charge in [0.1, 0.15) is 18.1 Å². The van der Waals surface area contributed by atoms with Crippen molar-refractivity contribution in [2.75, 3.05) is 6.61 Å². The van der Waals surface area contributed by atoms with Crippen molar-refractivity contribution in [3.8, 4) is 11.5 Å². The normalized spacial score (nSPS) is 9.71. The van der Waals surface area contributed by atoms with Gasteiger partial charge in [0, 0.05) is 6.07 Å². The predicted octanol–water partition coefficient (Wildman–Crippen LogP) is 8.52. The highest BCUT2D eigenvalue weighted by atomic mass is 16.5. The van der Waals surface area contributed by atoms with E-state index in [4.69, 9.17) is 9.47 Å². The maximum Gasteiger partial charge on any atom is 0.123 e. The van der Waals surface area contributed by atoms with E-state index in [0.717, 1.165) is 47.5 Å². The van der Waals surface area contributed by atoms with Crippen LogP contribution >= 0.6 is 0 Å². The number of aryl methyl sites for hydroxylation is 2. The summed E-state index contributed by atoms with van der Waals surface area (Å²) < 4.78 is 11.9. The van der Waals surface area contributed by atoms with Gasteiger partial charge in [-0.15, -0.1) is 5.73 Å². The molecule has 0 amide bonds. The van der Waals surface area contributed by atoms with E-state index in [1.54, 1.807) is 6.08 Å². The molecule has 3 aromatic carbocycles. The van der Waals surface area contributed by atoms with Crippen LogP contribution in [0.25, 0.3) is 6.08 Å². The molecule has 3 rings (SSSR count). The van der Waals surface area contributed by atoms with E-state index in [9.17, 15) is 0 Å². The van der Waals surface area contributed by atoms with E-state index >= 15 is 0 Å². The molecule has 0 saturated heterocycles. The molecule has 3 aromatic rings. The maximum atomic E-state index is 5.98. The van der Waals surface area contributed by atoms with Crippen molar-refractivity contribution in [3.63, 3.8) is 0 Å². The minimum Gasteiger partial charge on any atom is -0.493 e. The van der Waals surface area contributed by atoms with Gasteiger partial charge in [0.05, 0.1) is 6.61 Å². The Labute approximate surface area is 205 Å². The topological polar surface area (TPSA) is 18.5 Å². The van der Waals surface area contributed by atoms with E-state index < -0.39 is 0 Å². The van der Waals surface area contributed by atoms with Crippen LogP contribution in [0.5, 0.6) is 11.5 Å². The van der Waals surface area contributed by atoms with Crippen LogP contribution in [-0.2, 0) is 13.0 Å². The Kier molecular flexibility index (Phi) is 11.8. The summed E-state index contributed by atoms with van der Waals surface area (Å²) in [7, 11) is 0. The molecule has 0 aromatic heterocycles. The first kappa shape index (κ1) is 26.5. The van der Waals surface area contributed by atoms with Crippen LogP contribution in [0.15, 0.2) is 110 Å². The lowest BCUT2D eigenvalue weighted by Crippen LogP contribution is -2.01. The van der Waals surface area contributed by atoms with Gasteiger partial charge < -0.3 is 9.47 Å². The summed E-state index contributed by atoms with van der Waals surface area (Å²) in [6, 6.07) is 24.5. The second-order valence-corrected chi connectivity index (χ2v) is 7.81. The zero-order valence-corrected chi connectivity index (χ0v) is 20.6. The second-order valence-electron chi connectivity index (χ2n) is 7.81. The fraction of sp³-hybridized carbons (Fsp3) is 0.219. The minimum atomic E-state index is 0.514. The fourth-order valence-electron chi connectivity index (χ4n) is 3.43. The van der Waals surface area contributed by atoms with Crippen LogP contribution < -0.4 is 9.47 Å². The highest BCUT2D eigenvalue weighted by Crippen LogP contribution is 2.22. The van der Waals surface area contributed by atoms with Gasteiger partial charge >= 0.3 is 0 Å². The van der Waals surface area contributed by atoms with Crippen molar-refractivity contribution in [1.82, 2.24) is 0 Å². The summed E-state index contributed by atoms with van der Waals surface area (Å²) in [5.74, 6) is 1.65. The maximum absolute atomic E-state index is 5.98. The van der Waals surface area contributed by atoms with Crippen LogP contribution in [0.2, 0.25) is 0 Å². The van der Waals surface area contributed by atoms with Crippen molar-refractivity contribution in [2.45, 2.75) is 39.7 Å². The molecule has 34 heavy (non-hydrogen) atoms. The summed E-state index contributed by atoms with van der Waals surface area (Å²) in [6.07, 6.45) is 6.65. The van der Waals surface area contributed by atoms with E-state index in [0.29, 0.717) is 13.2 Å². The molecule has 2 heteroatoms. The van der Waals surface area contributed by atoms with Gasteiger partial charge in [-0.2, -0.15) is 0 Å². The quantitative estimate of drug-likeness (QED) is 0.165. The molecule has 0 spiro atoms. The van der Waals surface area contributed by atoms with Crippen molar-refractivity contribution in [3.05, 3.63) is 132 Å². The van der Waals surface area contributed by atoms with Gasteiger partial charge in [-0.05, 0) is 66.1 Å². The molecule has 0 aliphatic carbocycles. The third-order valence-corrected chi connectivity index (χ3v) is 5.39. The molecule has 0 aliphatic rings. The van der Waals surface area contributed by atoms with E-state index in [-0.39, 0.29) is 0 Å². The molecule has 0 unspecified atom stereocenters. The van der Waals surface area contributed by atoms with Gasteiger partial charge in [-0.25, -0.2) is 0 Å². The zero-order chi connectivity index (χ0) is 24.6. The first-order valence-electron chi connectivity index (χ1n) is 11.7. The predicted molar refractivity (Wildman–Crippen MR) is 145 cm³/mol. The standard InChI is InChI=1S/C25H26O2.C7H10/c1-3-25-20(2)10-7-14-22(25)19-27-24-16-8-15-23(18-24)26-17-9-13-21-11-5-4-6-12-21;1-4-7(5-2)6-3/h3-8,10-12,14-16,18H,1,9,13,17,19H2,2H3;4H,1-2,6H2,3H3. The minimum absolute atomic E-state index is 0.514. The van der Waals surface area contributed by atoms with Gasteiger partial charge in [-0.3, -0.25) is 0 Å².